The summed E-state index contributed by atoms with van der Waals surface area (Å²) in [7, 11) is 0. The van der Waals surface area contributed by atoms with E-state index in [0.717, 1.165) is 11.4 Å². The highest BCUT2D eigenvalue weighted by molar-refractivity contribution is 6.30. The first kappa shape index (κ1) is 12.8. The van der Waals surface area contributed by atoms with Crippen LogP contribution in [0.15, 0.2) is 24.3 Å². The molecule has 0 aliphatic rings. The summed E-state index contributed by atoms with van der Waals surface area (Å²) >= 11 is 5.98. The van der Waals surface area contributed by atoms with E-state index >= 15 is 0 Å². The predicted molar refractivity (Wildman–Crippen MR) is 75.9 cm³/mol. The monoisotopic (exact) mass is 264 g/mol. The third-order valence-electron chi connectivity index (χ3n) is 2.72. The number of anilines is 1. The van der Waals surface area contributed by atoms with Gasteiger partial charge in [0.2, 0.25) is 0 Å². The van der Waals surface area contributed by atoms with E-state index in [1.165, 1.54) is 4.68 Å². The minimum absolute atomic E-state index is 0.167. The molecule has 2 rings (SSSR count). The molecular formula is C13H17ClN4. The van der Waals surface area contributed by atoms with E-state index < -0.39 is 0 Å². The standard InChI is InChI=1S/C13H17ClN4/c1-13(2,3)12-17-10(11(15)18(12)16)8-5-4-6-9(14)7-8/h4-7H,15-16H2,1-3H3. The Kier molecular flexibility index (Phi) is 2.99. The third kappa shape index (κ3) is 2.16. The molecule has 2 aromatic rings. The zero-order valence-corrected chi connectivity index (χ0v) is 11.5. The molecule has 0 atom stereocenters. The molecule has 4 N–H and O–H groups in total. The number of hydrogen-bond acceptors (Lipinski definition) is 3. The van der Waals surface area contributed by atoms with Gasteiger partial charge in [0.05, 0.1) is 0 Å². The van der Waals surface area contributed by atoms with Gasteiger partial charge >= 0.3 is 0 Å². The number of aromatic nitrogens is 2. The van der Waals surface area contributed by atoms with Crippen LogP contribution in [-0.2, 0) is 5.41 Å². The van der Waals surface area contributed by atoms with Crippen LogP contribution in [-0.4, -0.2) is 9.66 Å². The van der Waals surface area contributed by atoms with Crippen molar-refractivity contribution in [3.05, 3.63) is 35.1 Å². The third-order valence-corrected chi connectivity index (χ3v) is 2.95. The van der Waals surface area contributed by atoms with E-state index in [9.17, 15) is 0 Å². The van der Waals surface area contributed by atoms with E-state index in [1.807, 2.05) is 45.0 Å². The Hall–Kier alpha value is -1.68. The van der Waals surface area contributed by atoms with Crippen molar-refractivity contribution in [3.8, 4) is 11.3 Å². The SMILES string of the molecule is CC(C)(C)c1nc(-c2cccc(Cl)c2)c(N)n1N. The van der Waals surface area contributed by atoms with Crippen LogP contribution < -0.4 is 11.6 Å². The molecule has 0 saturated carbocycles. The summed E-state index contributed by atoms with van der Waals surface area (Å²) in [6.07, 6.45) is 0. The van der Waals surface area contributed by atoms with Crippen molar-refractivity contribution in [2.45, 2.75) is 26.2 Å². The Labute approximate surface area is 112 Å². The Morgan fingerprint density at radius 1 is 1.28 bits per heavy atom. The van der Waals surface area contributed by atoms with E-state index in [2.05, 4.69) is 4.98 Å². The molecule has 1 aromatic heterocycles. The lowest BCUT2D eigenvalue weighted by Gasteiger charge is -2.17. The number of nitrogens with zero attached hydrogens (tertiary/aromatic N) is 2. The summed E-state index contributed by atoms with van der Waals surface area (Å²) in [5.41, 5.74) is 7.39. The molecule has 0 spiro atoms. The van der Waals surface area contributed by atoms with Crippen molar-refractivity contribution in [3.63, 3.8) is 0 Å². The maximum absolute atomic E-state index is 6.01. The highest BCUT2D eigenvalue weighted by Gasteiger charge is 2.24. The number of halogens is 1. The molecule has 96 valence electrons. The van der Waals surface area contributed by atoms with Crippen molar-refractivity contribution in [2.24, 2.45) is 0 Å². The van der Waals surface area contributed by atoms with Gasteiger partial charge in [0, 0.05) is 16.0 Å². The molecular weight excluding hydrogens is 248 g/mol. The van der Waals surface area contributed by atoms with Gasteiger partial charge < -0.3 is 11.6 Å². The van der Waals surface area contributed by atoms with Crippen LogP contribution in [0.2, 0.25) is 5.02 Å². The second kappa shape index (κ2) is 4.21. The van der Waals surface area contributed by atoms with Gasteiger partial charge in [-0.1, -0.05) is 44.5 Å². The fraction of sp³-hybridized carbons (Fsp3) is 0.308. The fourth-order valence-corrected chi connectivity index (χ4v) is 2.01. The van der Waals surface area contributed by atoms with Crippen LogP contribution in [0, 0.1) is 0 Å². The van der Waals surface area contributed by atoms with Gasteiger partial charge in [-0.25, -0.2) is 9.66 Å². The largest absolute Gasteiger partial charge is 0.382 e. The molecule has 5 heteroatoms. The molecule has 0 fully saturated rings. The van der Waals surface area contributed by atoms with Crippen molar-refractivity contribution in [1.29, 1.82) is 0 Å². The smallest absolute Gasteiger partial charge is 0.150 e. The summed E-state index contributed by atoms with van der Waals surface area (Å²) in [5.74, 6) is 7.15. The fourth-order valence-electron chi connectivity index (χ4n) is 1.82. The van der Waals surface area contributed by atoms with Crippen LogP contribution in [0.5, 0.6) is 0 Å². The van der Waals surface area contributed by atoms with Gasteiger partial charge in [-0.2, -0.15) is 0 Å². The number of nitrogen functional groups attached to an aromatic ring is 2. The molecule has 0 saturated heterocycles. The topological polar surface area (TPSA) is 69.9 Å². The minimum atomic E-state index is -0.167. The normalized spacial score (nSPS) is 11.8. The second-order valence-electron chi connectivity index (χ2n) is 5.30. The summed E-state index contributed by atoms with van der Waals surface area (Å²) < 4.78 is 1.44. The molecule has 1 aromatic carbocycles. The Morgan fingerprint density at radius 2 is 1.94 bits per heavy atom. The minimum Gasteiger partial charge on any atom is -0.382 e. The zero-order chi connectivity index (χ0) is 13.5. The first-order chi connectivity index (χ1) is 8.30. The molecule has 0 radical (unpaired) electrons. The van der Waals surface area contributed by atoms with Crippen LogP contribution in [0.1, 0.15) is 26.6 Å². The number of nitrogens with two attached hydrogens (primary N) is 2. The first-order valence-corrected chi connectivity index (χ1v) is 6.08. The molecule has 0 amide bonds. The highest BCUT2D eigenvalue weighted by Crippen LogP contribution is 2.31. The van der Waals surface area contributed by atoms with E-state index in [-0.39, 0.29) is 5.41 Å². The average molecular weight is 265 g/mol. The maximum atomic E-state index is 6.01. The lowest BCUT2D eigenvalue weighted by atomic mass is 9.96. The number of imidazole rings is 1. The molecule has 0 bridgehead atoms. The molecule has 0 aliphatic heterocycles. The maximum Gasteiger partial charge on any atom is 0.150 e. The van der Waals surface area contributed by atoms with Crippen molar-refractivity contribution >= 4 is 17.4 Å². The van der Waals surface area contributed by atoms with Gasteiger partial charge in [-0.15, -0.1) is 0 Å². The van der Waals surface area contributed by atoms with Gasteiger partial charge in [0.15, 0.2) is 5.82 Å². The lowest BCUT2D eigenvalue weighted by molar-refractivity contribution is 0.532. The van der Waals surface area contributed by atoms with Gasteiger partial charge in [0.1, 0.15) is 11.5 Å². The molecule has 1 heterocycles. The van der Waals surface area contributed by atoms with Gasteiger partial charge in [-0.3, -0.25) is 0 Å². The first-order valence-electron chi connectivity index (χ1n) is 5.70. The lowest BCUT2D eigenvalue weighted by Crippen LogP contribution is -2.24. The van der Waals surface area contributed by atoms with Crippen molar-refractivity contribution < 1.29 is 0 Å². The quantitative estimate of drug-likeness (QED) is 0.778. The van der Waals surface area contributed by atoms with E-state index in [1.54, 1.807) is 0 Å². The van der Waals surface area contributed by atoms with Gasteiger partial charge in [-0.05, 0) is 12.1 Å². The molecule has 0 aliphatic carbocycles. The Morgan fingerprint density at radius 3 is 2.44 bits per heavy atom. The van der Waals surface area contributed by atoms with Crippen molar-refractivity contribution in [1.82, 2.24) is 9.66 Å². The van der Waals surface area contributed by atoms with Crippen molar-refractivity contribution in [2.75, 3.05) is 11.6 Å². The molecule has 18 heavy (non-hydrogen) atoms. The summed E-state index contributed by atoms with van der Waals surface area (Å²) in [6.45, 7) is 6.12. The number of rotatable bonds is 1. The van der Waals surface area contributed by atoms with Crippen LogP contribution in [0.4, 0.5) is 5.82 Å². The van der Waals surface area contributed by atoms with Gasteiger partial charge in [0.25, 0.3) is 0 Å². The number of benzene rings is 1. The average Bonchev–Trinajstić information content (AvgIpc) is 2.55. The van der Waals surface area contributed by atoms with E-state index in [0.29, 0.717) is 16.5 Å². The summed E-state index contributed by atoms with van der Waals surface area (Å²) in [4.78, 5) is 4.55. The van der Waals surface area contributed by atoms with E-state index in [4.69, 9.17) is 23.2 Å². The molecule has 4 nitrogen and oxygen atoms in total. The predicted octanol–water partition coefficient (Wildman–Crippen LogP) is 2.80. The summed E-state index contributed by atoms with van der Waals surface area (Å²) in [5, 5.41) is 0.649. The summed E-state index contributed by atoms with van der Waals surface area (Å²) in [6, 6.07) is 7.42. The van der Waals surface area contributed by atoms with Crippen LogP contribution in [0.3, 0.4) is 0 Å². The zero-order valence-electron chi connectivity index (χ0n) is 10.7. The molecule has 0 unspecified atom stereocenters. The number of hydrogen-bond donors (Lipinski definition) is 2. The Balaban J connectivity index is 2.60. The Bertz CT molecular complexity index is 581. The second-order valence-corrected chi connectivity index (χ2v) is 5.74. The highest BCUT2D eigenvalue weighted by atomic mass is 35.5. The van der Waals surface area contributed by atoms with Crippen LogP contribution in [0.25, 0.3) is 11.3 Å². The van der Waals surface area contributed by atoms with Crippen LogP contribution >= 0.6 is 11.6 Å².